The maximum Gasteiger partial charge on any atom is 0.377 e. The summed E-state index contributed by atoms with van der Waals surface area (Å²) in [4.78, 5) is 12.9. The summed E-state index contributed by atoms with van der Waals surface area (Å²) >= 11 is 0. The number of nitrogens with one attached hydrogen (secondary N) is 1. The Kier molecular flexibility index (Phi) is 4.82. The highest BCUT2D eigenvalue weighted by Crippen LogP contribution is 2.30. The molecule has 0 aromatic rings. The Bertz CT molecular complexity index is 272. The first-order valence-corrected chi connectivity index (χ1v) is 5.83. The average Bonchev–Trinajstić information content (AvgIpc) is 2.47. The monoisotopic (exact) mass is 250 g/mol. The highest BCUT2D eigenvalue weighted by molar-refractivity contribution is 5.79. The van der Waals surface area contributed by atoms with E-state index in [0.29, 0.717) is 12.6 Å². The fourth-order valence-corrected chi connectivity index (χ4v) is 1.54. The Morgan fingerprint density at radius 3 is 2.71 bits per heavy atom. The zero-order chi connectivity index (χ0) is 13.1. The molecule has 1 unspecified atom stereocenters. The number of nitrogens with zero attached hydrogens (tertiary/aromatic N) is 1. The Morgan fingerprint density at radius 1 is 1.59 bits per heavy atom. The predicted octanol–water partition coefficient (Wildman–Crippen LogP) is 0.867. The Balaban J connectivity index is 2.15. The molecule has 0 aromatic heterocycles. The van der Waals surface area contributed by atoms with Gasteiger partial charge in [-0.1, -0.05) is 0 Å². The van der Waals surface area contributed by atoms with Crippen molar-refractivity contribution in [2.45, 2.75) is 38.3 Å². The summed E-state index contributed by atoms with van der Waals surface area (Å²) in [6, 6.07) is 0.449. The maximum absolute atomic E-state index is 12.8. The summed E-state index contributed by atoms with van der Waals surface area (Å²) in [5.74, 6) is -4.70. The van der Waals surface area contributed by atoms with Crippen LogP contribution in [0.25, 0.3) is 0 Å². The quantitative estimate of drug-likeness (QED) is 0.561. The lowest BCUT2D eigenvalue weighted by molar-refractivity contribution is -0.159. The number of hydrogen-bond donors (Lipinski definition) is 1. The van der Waals surface area contributed by atoms with Gasteiger partial charge in [-0.05, 0) is 20.9 Å². The van der Waals surface area contributed by atoms with Gasteiger partial charge in [-0.25, -0.2) is 4.79 Å². The highest BCUT2D eigenvalue weighted by Gasteiger charge is 2.50. The van der Waals surface area contributed by atoms with E-state index in [1.165, 1.54) is 0 Å². The van der Waals surface area contributed by atoms with Crippen LogP contribution in [0, 0.1) is 0 Å². The molecule has 0 spiro atoms. The van der Waals surface area contributed by atoms with Crippen molar-refractivity contribution >= 4 is 5.97 Å². The molecule has 1 heterocycles. The second-order valence-corrected chi connectivity index (χ2v) is 4.71. The van der Waals surface area contributed by atoms with Crippen molar-refractivity contribution in [3.05, 3.63) is 0 Å². The van der Waals surface area contributed by atoms with Gasteiger partial charge in [-0.15, -0.1) is 0 Å². The first kappa shape index (κ1) is 14.3. The van der Waals surface area contributed by atoms with Gasteiger partial charge in [0.05, 0.1) is 6.42 Å². The van der Waals surface area contributed by atoms with Gasteiger partial charge in [-0.2, -0.15) is 8.78 Å². The van der Waals surface area contributed by atoms with Crippen molar-refractivity contribution < 1.29 is 18.3 Å². The number of likely N-dealkylation sites (N-methyl/N-ethyl adjacent to an activating group) is 1. The standard InChI is InChI=1S/C11H20F2N2O2/c1-8(2)15(3)5-4-14-7-9-6-11(12,13)10(16)17-9/h8-9,14H,4-7H2,1-3H3. The van der Waals surface area contributed by atoms with Gasteiger partial charge in [0, 0.05) is 25.7 Å². The van der Waals surface area contributed by atoms with Gasteiger partial charge >= 0.3 is 11.9 Å². The van der Waals surface area contributed by atoms with Crippen LogP contribution in [0.5, 0.6) is 0 Å². The predicted molar refractivity (Wildman–Crippen MR) is 60.1 cm³/mol. The third kappa shape index (κ3) is 4.20. The number of halogens is 2. The first-order chi connectivity index (χ1) is 7.83. The van der Waals surface area contributed by atoms with Crippen LogP contribution in [0.3, 0.4) is 0 Å². The lowest BCUT2D eigenvalue weighted by Gasteiger charge is -2.21. The van der Waals surface area contributed by atoms with E-state index in [1.54, 1.807) is 0 Å². The van der Waals surface area contributed by atoms with Gasteiger partial charge in [0.2, 0.25) is 0 Å². The third-order valence-corrected chi connectivity index (χ3v) is 2.95. The van der Waals surface area contributed by atoms with Crippen LogP contribution in [0.1, 0.15) is 20.3 Å². The number of ether oxygens (including phenoxy) is 1. The molecule has 1 saturated heterocycles. The minimum absolute atomic E-state index is 0.285. The summed E-state index contributed by atoms with van der Waals surface area (Å²) in [5, 5.41) is 3.02. The SMILES string of the molecule is CC(C)N(C)CCNCC1CC(F)(F)C(=O)O1. The molecule has 100 valence electrons. The molecule has 0 saturated carbocycles. The van der Waals surface area contributed by atoms with Crippen molar-refractivity contribution in [1.82, 2.24) is 10.2 Å². The summed E-state index contributed by atoms with van der Waals surface area (Å²) in [5.41, 5.74) is 0. The van der Waals surface area contributed by atoms with Crippen LogP contribution in [-0.4, -0.2) is 55.6 Å². The van der Waals surface area contributed by atoms with Crippen molar-refractivity contribution in [3.8, 4) is 0 Å². The van der Waals surface area contributed by atoms with E-state index in [2.05, 4.69) is 28.8 Å². The van der Waals surface area contributed by atoms with Crippen molar-refractivity contribution in [3.63, 3.8) is 0 Å². The van der Waals surface area contributed by atoms with Crippen LogP contribution < -0.4 is 5.32 Å². The number of esters is 1. The average molecular weight is 250 g/mol. The van der Waals surface area contributed by atoms with Crippen LogP contribution in [0.15, 0.2) is 0 Å². The largest absolute Gasteiger partial charge is 0.456 e. The van der Waals surface area contributed by atoms with E-state index in [9.17, 15) is 13.6 Å². The molecule has 0 bridgehead atoms. The minimum atomic E-state index is -3.30. The smallest absolute Gasteiger partial charge is 0.377 e. The summed E-state index contributed by atoms with van der Waals surface area (Å²) in [6.07, 6.45) is -1.22. The van der Waals surface area contributed by atoms with E-state index < -0.39 is 24.4 Å². The number of cyclic esters (lactones) is 1. The molecular formula is C11H20F2N2O2. The van der Waals surface area contributed by atoms with Gasteiger partial charge in [-0.3, -0.25) is 0 Å². The molecule has 1 aliphatic heterocycles. The van der Waals surface area contributed by atoms with Gasteiger partial charge in [0.1, 0.15) is 6.10 Å². The van der Waals surface area contributed by atoms with Crippen LogP contribution in [0.4, 0.5) is 8.78 Å². The molecule has 0 aliphatic carbocycles. The number of rotatable bonds is 6. The van der Waals surface area contributed by atoms with E-state index in [1.807, 2.05) is 7.05 Å². The number of carbonyl (C=O) groups excluding carboxylic acids is 1. The molecule has 6 heteroatoms. The molecule has 1 fully saturated rings. The summed E-state index contributed by atoms with van der Waals surface area (Å²) in [7, 11) is 2.00. The number of alkyl halides is 2. The number of hydrogen-bond acceptors (Lipinski definition) is 4. The molecule has 1 atom stereocenters. The summed E-state index contributed by atoms with van der Waals surface area (Å²) < 4.78 is 30.2. The lowest BCUT2D eigenvalue weighted by atomic mass is 10.2. The van der Waals surface area contributed by atoms with Gasteiger partial charge < -0.3 is 15.0 Å². The Hall–Kier alpha value is -0.750. The second-order valence-electron chi connectivity index (χ2n) is 4.71. The molecular weight excluding hydrogens is 230 g/mol. The molecule has 0 aromatic carbocycles. The van der Waals surface area contributed by atoms with Crippen LogP contribution in [0.2, 0.25) is 0 Å². The maximum atomic E-state index is 12.8. The van der Waals surface area contributed by atoms with Crippen molar-refractivity contribution in [1.29, 1.82) is 0 Å². The van der Waals surface area contributed by atoms with Crippen molar-refractivity contribution in [2.24, 2.45) is 0 Å². The second kappa shape index (κ2) is 5.73. The first-order valence-electron chi connectivity index (χ1n) is 5.83. The summed E-state index contributed by atoms with van der Waals surface area (Å²) in [6.45, 7) is 5.97. The third-order valence-electron chi connectivity index (χ3n) is 2.95. The molecule has 17 heavy (non-hydrogen) atoms. The van der Waals surface area contributed by atoms with Crippen LogP contribution >= 0.6 is 0 Å². The highest BCUT2D eigenvalue weighted by atomic mass is 19.3. The zero-order valence-electron chi connectivity index (χ0n) is 10.5. The Morgan fingerprint density at radius 2 is 2.24 bits per heavy atom. The van der Waals surface area contributed by atoms with E-state index in [-0.39, 0.29) is 6.54 Å². The van der Waals surface area contributed by atoms with E-state index >= 15 is 0 Å². The van der Waals surface area contributed by atoms with Crippen molar-refractivity contribution in [2.75, 3.05) is 26.7 Å². The van der Waals surface area contributed by atoms with Crippen LogP contribution in [-0.2, 0) is 9.53 Å². The van der Waals surface area contributed by atoms with E-state index in [4.69, 9.17) is 0 Å². The normalized spacial score (nSPS) is 23.5. The topological polar surface area (TPSA) is 41.6 Å². The molecule has 0 radical (unpaired) electrons. The molecule has 0 amide bonds. The number of carbonyl (C=O) groups is 1. The molecule has 1 aliphatic rings. The van der Waals surface area contributed by atoms with Gasteiger partial charge in [0.25, 0.3) is 0 Å². The van der Waals surface area contributed by atoms with Gasteiger partial charge in [0.15, 0.2) is 0 Å². The minimum Gasteiger partial charge on any atom is -0.456 e. The zero-order valence-corrected chi connectivity index (χ0v) is 10.5. The molecule has 1 N–H and O–H groups in total. The fourth-order valence-electron chi connectivity index (χ4n) is 1.54. The lowest BCUT2D eigenvalue weighted by Crippen LogP contribution is -2.36. The molecule has 4 nitrogen and oxygen atoms in total. The van der Waals surface area contributed by atoms with E-state index in [0.717, 1.165) is 6.54 Å². The molecule has 1 rings (SSSR count). The fraction of sp³-hybridized carbons (Fsp3) is 0.909. The Labute approximate surface area is 100 Å².